The molecule has 3 heteroatoms. The third kappa shape index (κ3) is 2.21. The van der Waals surface area contributed by atoms with E-state index in [9.17, 15) is 4.79 Å². The molecule has 2 unspecified atom stereocenters. The SMILES string of the molecule is NC1CCCC1C(=O)OCC1CC1. The molecule has 3 nitrogen and oxygen atoms in total. The average Bonchev–Trinajstić information content (AvgIpc) is 2.84. The van der Waals surface area contributed by atoms with Gasteiger partial charge in [0.05, 0.1) is 12.5 Å². The van der Waals surface area contributed by atoms with Crippen molar-refractivity contribution in [3.05, 3.63) is 0 Å². The zero-order chi connectivity index (χ0) is 9.26. The first-order chi connectivity index (χ1) is 6.27. The van der Waals surface area contributed by atoms with Crippen LogP contribution in [0.3, 0.4) is 0 Å². The van der Waals surface area contributed by atoms with Crippen LogP contribution in [0.5, 0.6) is 0 Å². The fraction of sp³-hybridized carbons (Fsp3) is 0.900. The van der Waals surface area contributed by atoms with Crippen molar-refractivity contribution in [2.75, 3.05) is 6.61 Å². The maximum absolute atomic E-state index is 11.5. The lowest BCUT2D eigenvalue weighted by Crippen LogP contribution is -2.32. The Morgan fingerprint density at radius 2 is 2.08 bits per heavy atom. The van der Waals surface area contributed by atoms with Gasteiger partial charge in [-0.3, -0.25) is 4.79 Å². The second-order valence-corrected chi connectivity index (χ2v) is 4.27. The number of nitrogens with two attached hydrogens (primary N) is 1. The number of carbonyl (C=O) groups excluding carboxylic acids is 1. The van der Waals surface area contributed by atoms with E-state index in [4.69, 9.17) is 10.5 Å². The van der Waals surface area contributed by atoms with Gasteiger partial charge in [-0.15, -0.1) is 0 Å². The van der Waals surface area contributed by atoms with E-state index < -0.39 is 0 Å². The van der Waals surface area contributed by atoms with Gasteiger partial charge in [-0.2, -0.15) is 0 Å². The number of ether oxygens (including phenoxy) is 1. The van der Waals surface area contributed by atoms with Crippen LogP contribution < -0.4 is 5.73 Å². The van der Waals surface area contributed by atoms with E-state index >= 15 is 0 Å². The molecule has 2 rings (SSSR count). The fourth-order valence-corrected chi connectivity index (χ4v) is 1.87. The van der Waals surface area contributed by atoms with E-state index in [1.54, 1.807) is 0 Å². The molecule has 2 saturated carbocycles. The van der Waals surface area contributed by atoms with Crippen molar-refractivity contribution < 1.29 is 9.53 Å². The molecular weight excluding hydrogens is 166 g/mol. The minimum absolute atomic E-state index is 0.0150. The second kappa shape index (κ2) is 3.66. The first-order valence-electron chi connectivity index (χ1n) is 5.19. The quantitative estimate of drug-likeness (QED) is 0.666. The van der Waals surface area contributed by atoms with Crippen molar-refractivity contribution >= 4 is 5.97 Å². The fourth-order valence-electron chi connectivity index (χ4n) is 1.87. The molecule has 2 aliphatic rings. The number of rotatable bonds is 3. The van der Waals surface area contributed by atoms with Gasteiger partial charge < -0.3 is 10.5 Å². The van der Waals surface area contributed by atoms with E-state index in [2.05, 4.69) is 0 Å². The van der Waals surface area contributed by atoms with E-state index in [1.165, 1.54) is 12.8 Å². The first-order valence-corrected chi connectivity index (χ1v) is 5.19. The molecule has 13 heavy (non-hydrogen) atoms. The Morgan fingerprint density at radius 1 is 1.31 bits per heavy atom. The molecule has 2 aliphatic carbocycles. The summed E-state index contributed by atoms with van der Waals surface area (Å²) in [6, 6.07) is 0.0479. The first kappa shape index (κ1) is 9.00. The normalized spacial score (nSPS) is 33.3. The average molecular weight is 183 g/mol. The molecule has 0 aromatic heterocycles. The highest BCUT2D eigenvalue weighted by molar-refractivity contribution is 5.73. The predicted molar refractivity (Wildman–Crippen MR) is 49.0 cm³/mol. The summed E-state index contributed by atoms with van der Waals surface area (Å²) in [7, 11) is 0. The Hall–Kier alpha value is -0.570. The van der Waals surface area contributed by atoms with Gasteiger partial charge in [0, 0.05) is 6.04 Å². The summed E-state index contributed by atoms with van der Waals surface area (Å²) >= 11 is 0. The zero-order valence-corrected chi connectivity index (χ0v) is 7.87. The van der Waals surface area contributed by atoms with E-state index in [0.717, 1.165) is 19.3 Å². The second-order valence-electron chi connectivity index (χ2n) is 4.27. The van der Waals surface area contributed by atoms with Crippen molar-refractivity contribution in [3.63, 3.8) is 0 Å². The summed E-state index contributed by atoms with van der Waals surface area (Å²) in [5.41, 5.74) is 5.80. The maximum Gasteiger partial charge on any atom is 0.310 e. The molecule has 0 heterocycles. The maximum atomic E-state index is 11.5. The molecule has 0 bridgehead atoms. The monoisotopic (exact) mass is 183 g/mol. The molecule has 0 spiro atoms. The Kier molecular flexibility index (Phi) is 2.54. The molecule has 2 fully saturated rings. The molecule has 0 radical (unpaired) electrons. The van der Waals surface area contributed by atoms with Crippen LogP contribution in [-0.4, -0.2) is 18.6 Å². The summed E-state index contributed by atoms with van der Waals surface area (Å²) in [6.07, 6.45) is 5.42. The zero-order valence-electron chi connectivity index (χ0n) is 7.87. The van der Waals surface area contributed by atoms with Crippen LogP contribution in [0.15, 0.2) is 0 Å². The minimum Gasteiger partial charge on any atom is -0.465 e. The smallest absolute Gasteiger partial charge is 0.310 e. The van der Waals surface area contributed by atoms with Gasteiger partial charge in [-0.05, 0) is 31.6 Å². The van der Waals surface area contributed by atoms with Gasteiger partial charge in [-0.1, -0.05) is 6.42 Å². The predicted octanol–water partition coefficient (Wildman–Crippen LogP) is 1.07. The Bertz CT molecular complexity index is 201. The third-order valence-electron chi connectivity index (χ3n) is 3.03. The summed E-state index contributed by atoms with van der Waals surface area (Å²) < 4.78 is 5.20. The van der Waals surface area contributed by atoms with Crippen molar-refractivity contribution in [1.82, 2.24) is 0 Å². The Labute approximate surface area is 78.6 Å². The number of esters is 1. The molecule has 2 N–H and O–H groups in total. The van der Waals surface area contributed by atoms with Crippen molar-refractivity contribution in [2.45, 2.75) is 38.1 Å². The van der Waals surface area contributed by atoms with E-state index in [0.29, 0.717) is 12.5 Å². The lowest BCUT2D eigenvalue weighted by atomic mass is 10.1. The van der Waals surface area contributed by atoms with Gasteiger partial charge in [-0.25, -0.2) is 0 Å². The number of carbonyl (C=O) groups is 1. The van der Waals surface area contributed by atoms with Crippen LogP contribution in [0.1, 0.15) is 32.1 Å². The standard InChI is InChI=1S/C10H17NO2/c11-9-3-1-2-8(9)10(12)13-6-7-4-5-7/h7-9H,1-6,11H2. The molecule has 0 saturated heterocycles. The van der Waals surface area contributed by atoms with Crippen molar-refractivity contribution in [1.29, 1.82) is 0 Å². The lowest BCUT2D eigenvalue weighted by molar-refractivity contribution is -0.149. The molecule has 74 valence electrons. The highest BCUT2D eigenvalue weighted by atomic mass is 16.5. The number of hydrogen-bond acceptors (Lipinski definition) is 3. The lowest BCUT2D eigenvalue weighted by Gasteiger charge is -2.13. The van der Waals surface area contributed by atoms with Gasteiger partial charge in [0.2, 0.25) is 0 Å². The Balaban J connectivity index is 1.74. The van der Waals surface area contributed by atoms with Crippen LogP contribution in [0.25, 0.3) is 0 Å². The van der Waals surface area contributed by atoms with Crippen LogP contribution in [0.2, 0.25) is 0 Å². The molecule has 0 aromatic carbocycles. The largest absolute Gasteiger partial charge is 0.465 e. The molecule has 0 aromatic rings. The van der Waals surface area contributed by atoms with E-state index in [-0.39, 0.29) is 17.9 Å². The highest BCUT2D eigenvalue weighted by Gasteiger charge is 2.32. The van der Waals surface area contributed by atoms with E-state index in [1.807, 2.05) is 0 Å². The summed E-state index contributed by atoms with van der Waals surface area (Å²) in [6.45, 7) is 0.627. The number of hydrogen-bond donors (Lipinski definition) is 1. The minimum atomic E-state index is -0.0584. The van der Waals surface area contributed by atoms with Crippen LogP contribution in [-0.2, 0) is 9.53 Å². The highest BCUT2D eigenvalue weighted by Crippen LogP contribution is 2.30. The van der Waals surface area contributed by atoms with Gasteiger partial charge >= 0.3 is 5.97 Å². The summed E-state index contributed by atoms with van der Waals surface area (Å²) in [4.78, 5) is 11.5. The summed E-state index contributed by atoms with van der Waals surface area (Å²) in [5, 5.41) is 0. The molecular formula is C10H17NO2. The van der Waals surface area contributed by atoms with Crippen LogP contribution in [0, 0.1) is 11.8 Å². The van der Waals surface area contributed by atoms with Crippen molar-refractivity contribution in [2.24, 2.45) is 17.6 Å². The van der Waals surface area contributed by atoms with Crippen LogP contribution in [0.4, 0.5) is 0 Å². The van der Waals surface area contributed by atoms with Gasteiger partial charge in [0.15, 0.2) is 0 Å². The van der Waals surface area contributed by atoms with Crippen LogP contribution >= 0.6 is 0 Å². The molecule has 0 amide bonds. The van der Waals surface area contributed by atoms with Gasteiger partial charge in [0.25, 0.3) is 0 Å². The third-order valence-corrected chi connectivity index (χ3v) is 3.03. The molecule has 0 aliphatic heterocycles. The summed E-state index contributed by atoms with van der Waals surface area (Å²) in [5.74, 6) is 0.581. The molecule has 2 atom stereocenters. The Morgan fingerprint density at radius 3 is 2.62 bits per heavy atom. The van der Waals surface area contributed by atoms with Crippen molar-refractivity contribution in [3.8, 4) is 0 Å². The van der Waals surface area contributed by atoms with Gasteiger partial charge in [0.1, 0.15) is 0 Å². The topological polar surface area (TPSA) is 52.3 Å².